The number of rotatable bonds is 5. The molecule has 1 N–H and O–H groups in total. The minimum Gasteiger partial charge on any atom is -0.332 e. The van der Waals surface area contributed by atoms with E-state index >= 15 is 0 Å². The third kappa shape index (κ3) is 4.59. The summed E-state index contributed by atoms with van der Waals surface area (Å²) in [6.07, 6.45) is 5.31. The van der Waals surface area contributed by atoms with Crippen molar-refractivity contribution in [3.8, 4) is 12.3 Å². The van der Waals surface area contributed by atoms with E-state index in [4.69, 9.17) is 18.0 Å². The van der Waals surface area contributed by atoms with E-state index in [2.05, 4.69) is 11.2 Å². The van der Waals surface area contributed by atoms with Crippen LogP contribution in [0.1, 0.15) is 15.9 Å². The van der Waals surface area contributed by atoms with Crippen LogP contribution < -0.4 is 5.32 Å². The summed E-state index contributed by atoms with van der Waals surface area (Å²) in [6, 6.07) is 10.4. The van der Waals surface area contributed by atoms with Crippen molar-refractivity contribution in [3.63, 3.8) is 0 Å². The van der Waals surface area contributed by atoms with Crippen molar-refractivity contribution >= 4 is 34.8 Å². The molecule has 7 nitrogen and oxygen atoms in total. The number of amides is 2. The molecule has 0 atom stereocenters. The van der Waals surface area contributed by atoms with Crippen molar-refractivity contribution < 1.29 is 14.5 Å². The topological polar surface area (TPSA) is 92.6 Å². The molecule has 0 saturated carbocycles. The van der Waals surface area contributed by atoms with Gasteiger partial charge in [0.2, 0.25) is 5.91 Å². The average Bonchev–Trinajstić information content (AvgIpc) is 2.61. The van der Waals surface area contributed by atoms with Crippen LogP contribution in [0.3, 0.4) is 0 Å². The second kappa shape index (κ2) is 8.14. The predicted molar refractivity (Wildman–Crippen MR) is 98.1 cm³/mol. The van der Waals surface area contributed by atoms with Gasteiger partial charge in [-0.2, -0.15) is 0 Å². The summed E-state index contributed by atoms with van der Waals surface area (Å²) in [6.45, 7) is -0.241. The Morgan fingerprint density at radius 2 is 2.04 bits per heavy atom. The lowest BCUT2D eigenvalue weighted by Gasteiger charge is -2.17. The van der Waals surface area contributed by atoms with Crippen molar-refractivity contribution in [2.45, 2.75) is 0 Å². The van der Waals surface area contributed by atoms with Gasteiger partial charge in [-0.3, -0.25) is 19.7 Å². The highest BCUT2D eigenvalue weighted by molar-refractivity contribution is 6.32. The molecule has 0 heterocycles. The van der Waals surface area contributed by atoms with Gasteiger partial charge in [0.25, 0.3) is 11.6 Å². The van der Waals surface area contributed by atoms with Crippen LogP contribution in [-0.4, -0.2) is 35.2 Å². The monoisotopic (exact) mass is 371 g/mol. The first-order valence-corrected chi connectivity index (χ1v) is 7.75. The fourth-order valence-corrected chi connectivity index (χ4v) is 2.37. The third-order valence-corrected chi connectivity index (χ3v) is 3.75. The first-order chi connectivity index (χ1) is 12.3. The van der Waals surface area contributed by atoms with E-state index in [-0.39, 0.29) is 22.8 Å². The number of nitro groups is 1. The molecule has 0 bridgehead atoms. The number of hydrogen-bond acceptors (Lipinski definition) is 4. The highest BCUT2D eigenvalue weighted by Crippen LogP contribution is 2.25. The van der Waals surface area contributed by atoms with Gasteiger partial charge in [-0.15, -0.1) is 6.42 Å². The number of terminal acetylenes is 1. The van der Waals surface area contributed by atoms with Crippen LogP contribution in [0.15, 0.2) is 42.5 Å². The zero-order chi connectivity index (χ0) is 19.3. The number of nitro benzene ring substituents is 1. The smallest absolute Gasteiger partial charge is 0.288 e. The molecule has 0 fully saturated rings. The maximum atomic E-state index is 12.4. The predicted octanol–water partition coefficient (Wildman–Crippen LogP) is 2.94. The highest BCUT2D eigenvalue weighted by atomic mass is 35.5. The number of hydrogen-bond donors (Lipinski definition) is 1. The summed E-state index contributed by atoms with van der Waals surface area (Å²) >= 11 is 5.73. The fourth-order valence-electron chi connectivity index (χ4n) is 2.18. The van der Waals surface area contributed by atoms with Gasteiger partial charge in [-0.05, 0) is 30.3 Å². The Bertz CT molecular complexity index is 921. The summed E-state index contributed by atoms with van der Waals surface area (Å²) in [5.41, 5.74) is 0.807. The number of halogens is 1. The quantitative estimate of drug-likeness (QED) is 0.497. The molecule has 0 saturated heterocycles. The van der Waals surface area contributed by atoms with Gasteiger partial charge in [0, 0.05) is 29.9 Å². The van der Waals surface area contributed by atoms with Gasteiger partial charge in [0.05, 0.1) is 11.5 Å². The summed E-state index contributed by atoms with van der Waals surface area (Å²) in [5.74, 6) is 1.48. The summed E-state index contributed by atoms with van der Waals surface area (Å²) in [4.78, 5) is 35.9. The Kier molecular flexibility index (Phi) is 5.94. The van der Waals surface area contributed by atoms with Crippen LogP contribution in [-0.2, 0) is 4.79 Å². The molecule has 2 aromatic rings. The second-order valence-corrected chi connectivity index (χ2v) is 5.77. The fraction of sp³-hybridized carbons (Fsp3) is 0.111. The van der Waals surface area contributed by atoms with Crippen molar-refractivity contribution in [2.24, 2.45) is 0 Å². The Morgan fingerprint density at radius 3 is 2.69 bits per heavy atom. The van der Waals surface area contributed by atoms with Crippen LogP contribution in [0.4, 0.5) is 11.4 Å². The molecule has 0 aliphatic heterocycles. The molecule has 0 spiro atoms. The lowest BCUT2D eigenvalue weighted by atomic mass is 10.1. The SMILES string of the molecule is C#Cc1cccc(NC(=O)CN(C)C(=O)c2ccc(Cl)c([N+](=O)[O-])c2)c1. The Labute approximate surface area is 154 Å². The second-order valence-electron chi connectivity index (χ2n) is 5.36. The molecule has 0 aliphatic rings. The zero-order valence-corrected chi connectivity index (χ0v) is 14.5. The number of carbonyl (C=O) groups excluding carboxylic acids is 2. The van der Waals surface area contributed by atoms with Gasteiger partial charge < -0.3 is 10.2 Å². The molecule has 8 heteroatoms. The van der Waals surface area contributed by atoms with Gasteiger partial charge in [0.15, 0.2) is 0 Å². The van der Waals surface area contributed by atoms with Crippen LogP contribution in [0.25, 0.3) is 0 Å². The van der Waals surface area contributed by atoms with Crippen molar-refractivity contribution in [2.75, 3.05) is 18.9 Å². The van der Waals surface area contributed by atoms with E-state index in [1.807, 2.05) is 0 Å². The molecular weight excluding hydrogens is 358 g/mol. The van der Waals surface area contributed by atoms with E-state index in [9.17, 15) is 19.7 Å². The van der Waals surface area contributed by atoms with Gasteiger partial charge in [0.1, 0.15) is 5.02 Å². The van der Waals surface area contributed by atoms with Crippen molar-refractivity contribution in [1.82, 2.24) is 4.90 Å². The Hall–Kier alpha value is -3.37. The normalized spacial score (nSPS) is 9.88. The molecule has 0 aliphatic carbocycles. The lowest BCUT2D eigenvalue weighted by Crippen LogP contribution is -2.35. The number of anilines is 1. The molecule has 132 valence electrons. The van der Waals surface area contributed by atoms with E-state index < -0.39 is 16.7 Å². The molecule has 2 amide bonds. The molecule has 0 radical (unpaired) electrons. The summed E-state index contributed by atoms with van der Waals surface area (Å²) in [5, 5.41) is 13.5. The van der Waals surface area contributed by atoms with E-state index in [1.165, 1.54) is 19.2 Å². The minimum absolute atomic E-state index is 0.0609. The molecule has 26 heavy (non-hydrogen) atoms. The van der Waals surface area contributed by atoms with E-state index in [0.717, 1.165) is 11.0 Å². The standard InChI is InChI=1S/C18H14ClN3O4/c1-3-12-5-4-6-14(9-12)20-17(23)11-21(2)18(24)13-7-8-15(19)16(10-13)22(25)26/h1,4-10H,11H2,2H3,(H,20,23). The first-order valence-electron chi connectivity index (χ1n) is 7.37. The molecule has 0 aromatic heterocycles. The largest absolute Gasteiger partial charge is 0.332 e. The highest BCUT2D eigenvalue weighted by Gasteiger charge is 2.20. The maximum absolute atomic E-state index is 12.4. The van der Waals surface area contributed by atoms with Gasteiger partial charge >= 0.3 is 0 Å². The number of likely N-dealkylation sites (N-methyl/N-ethyl adjacent to an activating group) is 1. The Balaban J connectivity index is 2.06. The Morgan fingerprint density at radius 1 is 1.31 bits per heavy atom. The lowest BCUT2D eigenvalue weighted by molar-refractivity contribution is -0.384. The van der Waals surface area contributed by atoms with Crippen LogP contribution in [0.5, 0.6) is 0 Å². The number of benzene rings is 2. The van der Waals surface area contributed by atoms with Gasteiger partial charge in [-0.1, -0.05) is 23.6 Å². The van der Waals surface area contributed by atoms with Crippen LogP contribution >= 0.6 is 11.6 Å². The minimum atomic E-state index is -0.676. The summed E-state index contributed by atoms with van der Waals surface area (Å²) < 4.78 is 0. The molecule has 0 unspecified atom stereocenters. The van der Waals surface area contributed by atoms with E-state index in [1.54, 1.807) is 24.3 Å². The molecular formula is C18H14ClN3O4. The number of carbonyl (C=O) groups is 2. The third-order valence-electron chi connectivity index (χ3n) is 3.43. The first kappa shape index (κ1) is 19.0. The number of nitrogens with zero attached hydrogens (tertiary/aromatic N) is 2. The van der Waals surface area contributed by atoms with Crippen LogP contribution in [0, 0.1) is 22.5 Å². The van der Waals surface area contributed by atoms with Crippen molar-refractivity contribution in [1.29, 1.82) is 0 Å². The van der Waals surface area contributed by atoms with E-state index in [0.29, 0.717) is 11.3 Å². The zero-order valence-electron chi connectivity index (χ0n) is 13.7. The number of nitrogens with one attached hydrogen (secondary N) is 1. The summed E-state index contributed by atoms with van der Waals surface area (Å²) in [7, 11) is 1.42. The molecule has 2 aromatic carbocycles. The van der Waals surface area contributed by atoms with Gasteiger partial charge in [-0.25, -0.2) is 0 Å². The molecule has 2 rings (SSSR count). The maximum Gasteiger partial charge on any atom is 0.288 e. The van der Waals surface area contributed by atoms with Crippen LogP contribution in [0.2, 0.25) is 5.02 Å². The average molecular weight is 372 g/mol. The van der Waals surface area contributed by atoms with Crippen molar-refractivity contribution in [3.05, 3.63) is 68.7 Å².